The van der Waals surface area contributed by atoms with E-state index in [2.05, 4.69) is 36.6 Å². The number of nitrogens with zero attached hydrogens (tertiary/aromatic N) is 1. The molecule has 2 aromatic rings. The van der Waals surface area contributed by atoms with Crippen LogP contribution in [0.3, 0.4) is 0 Å². The Kier molecular flexibility index (Phi) is 6.16. The van der Waals surface area contributed by atoms with E-state index in [1.54, 1.807) is 0 Å². The number of sulfonamides is 1. The van der Waals surface area contributed by atoms with Crippen molar-refractivity contribution in [2.75, 3.05) is 13.6 Å². The number of carbonyl (C=O) groups excluding carboxylic acids is 1. The smallest absolute Gasteiger partial charge is 0.303 e. The molecule has 5 atom stereocenters. The van der Waals surface area contributed by atoms with E-state index in [4.69, 9.17) is 9.47 Å². The van der Waals surface area contributed by atoms with Crippen LogP contribution < -0.4 is 9.46 Å². The predicted molar refractivity (Wildman–Crippen MR) is 146 cm³/mol. The zero-order valence-electron chi connectivity index (χ0n) is 22.7. The largest absolute Gasteiger partial charge is 0.487 e. The molecule has 204 valence electrons. The second-order valence-electron chi connectivity index (χ2n) is 12.1. The Morgan fingerprint density at radius 1 is 1.16 bits per heavy atom. The fraction of sp³-hybridized carbons (Fsp3) is 0.567. The van der Waals surface area contributed by atoms with E-state index in [-0.39, 0.29) is 17.8 Å². The van der Waals surface area contributed by atoms with Crippen LogP contribution >= 0.6 is 0 Å². The first-order valence-corrected chi connectivity index (χ1v) is 15.5. The maximum Gasteiger partial charge on any atom is 0.303 e. The minimum absolute atomic E-state index is 0.0209. The topological polar surface area (TPSA) is 84.9 Å². The summed E-state index contributed by atoms with van der Waals surface area (Å²) in [6.07, 6.45) is 3.06. The lowest BCUT2D eigenvalue weighted by atomic mass is 9.48. The highest BCUT2D eigenvalue weighted by Gasteiger charge is 2.74. The van der Waals surface area contributed by atoms with Crippen LogP contribution in [0.1, 0.15) is 62.3 Å². The molecule has 2 heterocycles. The van der Waals surface area contributed by atoms with E-state index in [1.807, 2.05) is 36.4 Å². The first-order valence-electron chi connectivity index (χ1n) is 13.8. The predicted octanol–water partition coefficient (Wildman–Crippen LogP) is 3.73. The van der Waals surface area contributed by atoms with Gasteiger partial charge in [-0.3, -0.25) is 9.69 Å². The van der Waals surface area contributed by atoms with Gasteiger partial charge in [-0.05, 0) is 74.4 Å². The molecule has 0 unspecified atom stereocenters. The van der Waals surface area contributed by atoms with Crippen LogP contribution in [-0.4, -0.2) is 56.7 Å². The molecule has 1 saturated heterocycles. The molecule has 1 N–H and O–H groups in total. The summed E-state index contributed by atoms with van der Waals surface area (Å²) in [6.45, 7) is 6.60. The lowest BCUT2D eigenvalue weighted by Crippen LogP contribution is -2.78. The Morgan fingerprint density at radius 2 is 1.92 bits per heavy atom. The van der Waals surface area contributed by atoms with E-state index in [1.165, 1.54) is 12.5 Å². The first kappa shape index (κ1) is 25.8. The number of likely N-dealkylation sites (tertiary alicyclic amines) is 1. The highest BCUT2D eigenvalue weighted by molar-refractivity contribution is 7.88. The van der Waals surface area contributed by atoms with Crippen LogP contribution in [0.2, 0.25) is 0 Å². The molecule has 1 saturated carbocycles. The maximum absolute atomic E-state index is 13.7. The van der Waals surface area contributed by atoms with Gasteiger partial charge in [0.2, 0.25) is 10.0 Å². The van der Waals surface area contributed by atoms with Crippen LogP contribution in [0.4, 0.5) is 0 Å². The van der Waals surface area contributed by atoms with Crippen LogP contribution in [0, 0.1) is 5.92 Å². The lowest BCUT2D eigenvalue weighted by molar-refractivity contribution is -0.215. The Bertz CT molecular complexity index is 1370. The normalized spacial score (nSPS) is 31.6. The van der Waals surface area contributed by atoms with Gasteiger partial charge in [-0.15, -0.1) is 0 Å². The highest BCUT2D eigenvalue weighted by atomic mass is 32.2. The second-order valence-corrected chi connectivity index (χ2v) is 13.9. The quantitative estimate of drug-likeness (QED) is 0.541. The van der Waals surface area contributed by atoms with Crippen molar-refractivity contribution in [2.24, 2.45) is 5.92 Å². The van der Waals surface area contributed by atoms with E-state index in [0.29, 0.717) is 18.8 Å². The number of piperidine rings is 1. The van der Waals surface area contributed by atoms with Gasteiger partial charge in [0.05, 0.1) is 23.3 Å². The van der Waals surface area contributed by atoms with Crippen molar-refractivity contribution in [3.63, 3.8) is 0 Å². The van der Waals surface area contributed by atoms with Gasteiger partial charge in [0, 0.05) is 12.5 Å². The Hall–Kier alpha value is -2.42. The molecule has 2 aliphatic carbocycles. The van der Waals surface area contributed by atoms with Gasteiger partial charge in [0.25, 0.3) is 0 Å². The van der Waals surface area contributed by atoms with Crippen molar-refractivity contribution >= 4 is 16.0 Å². The van der Waals surface area contributed by atoms with E-state index in [0.717, 1.165) is 48.2 Å². The Labute approximate surface area is 225 Å². The molecule has 1 spiro atoms. The Morgan fingerprint density at radius 3 is 2.66 bits per heavy atom. The van der Waals surface area contributed by atoms with Gasteiger partial charge in [0.1, 0.15) is 17.5 Å². The zero-order valence-corrected chi connectivity index (χ0v) is 23.5. The number of hydrogen-bond donors (Lipinski definition) is 1. The van der Waals surface area contributed by atoms with Crippen molar-refractivity contribution in [1.82, 2.24) is 9.62 Å². The van der Waals surface area contributed by atoms with Crippen LogP contribution in [0.25, 0.3) is 0 Å². The summed E-state index contributed by atoms with van der Waals surface area (Å²) in [5.74, 6) is 0.879. The number of carbonyl (C=O) groups is 1. The number of likely N-dealkylation sites (N-methyl/N-ethyl adjacent to an activating group) is 1. The van der Waals surface area contributed by atoms with E-state index < -0.39 is 33.2 Å². The van der Waals surface area contributed by atoms with Crippen LogP contribution in [0.15, 0.2) is 42.5 Å². The van der Waals surface area contributed by atoms with Crippen molar-refractivity contribution in [3.8, 4) is 5.75 Å². The molecule has 38 heavy (non-hydrogen) atoms. The van der Waals surface area contributed by atoms with Gasteiger partial charge in [-0.1, -0.05) is 50.2 Å². The van der Waals surface area contributed by atoms with Crippen molar-refractivity contribution in [1.29, 1.82) is 0 Å². The molecule has 0 aromatic heterocycles. The molecular formula is C30H38N2O5S. The minimum atomic E-state index is -3.66. The molecule has 7 nitrogen and oxygen atoms in total. The van der Waals surface area contributed by atoms with Gasteiger partial charge < -0.3 is 9.47 Å². The maximum atomic E-state index is 13.7. The number of ether oxygens (including phenoxy) is 2. The standard InChI is InChI=1S/C30H38N2O5S/c1-19(2)16-21-8-5-6-9-23(21)18-38(34,35)31-24-12-13-30(37-20(3)33)26-17-22-10-7-11-25-27(22)29(30,28(24)36-25)14-15-32(26)4/h5-11,19,24,26,28,31H,12-18H2,1-4H3/t24-,26+,28-,29-,30+/m0/s1. The van der Waals surface area contributed by atoms with Crippen molar-refractivity contribution < 1.29 is 22.7 Å². The molecule has 2 fully saturated rings. The first-order chi connectivity index (χ1) is 18.1. The van der Waals surface area contributed by atoms with Crippen molar-refractivity contribution in [2.45, 2.75) is 87.8 Å². The number of hydrogen-bond acceptors (Lipinski definition) is 6. The molecule has 2 aromatic carbocycles. The minimum Gasteiger partial charge on any atom is -0.487 e. The summed E-state index contributed by atoms with van der Waals surface area (Å²) in [7, 11) is -1.56. The third-order valence-electron chi connectivity index (χ3n) is 9.34. The summed E-state index contributed by atoms with van der Waals surface area (Å²) >= 11 is 0. The highest BCUT2D eigenvalue weighted by Crippen LogP contribution is 2.65. The monoisotopic (exact) mass is 538 g/mol. The number of nitrogens with one attached hydrogen (secondary N) is 1. The van der Waals surface area contributed by atoms with Gasteiger partial charge in [-0.2, -0.15) is 0 Å². The fourth-order valence-corrected chi connectivity index (χ4v) is 9.57. The van der Waals surface area contributed by atoms with Crippen molar-refractivity contribution in [3.05, 3.63) is 64.7 Å². The fourth-order valence-electron chi connectivity index (χ4n) is 8.09. The molecule has 0 radical (unpaired) electrons. The summed E-state index contributed by atoms with van der Waals surface area (Å²) in [6, 6.07) is 13.6. The van der Waals surface area contributed by atoms with E-state index >= 15 is 0 Å². The SMILES string of the molecule is CC(=O)O[C@@]12CC[C@H](NS(=O)(=O)Cc3ccccc3CC(C)C)[C@@H]3Oc4cccc5c4[C@@]31CCN(C)[C@@H]2C5. The third kappa shape index (κ3) is 3.82. The Balaban J connectivity index is 1.38. The molecule has 6 rings (SSSR count). The number of esters is 1. The van der Waals surface area contributed by atoms with Gasteiger partial charge >= 0.3 is 5.97 Å². The molecule has 2 bridgehead atoms. The van der Waals surface area contributed by atoms with Gasteiger partial charge in [0.15, 0.2) is 0 Å². The summed E-state index contributed by atoms with van der Waals surface area (Å²) in [4.78, 5) is 14.9. The zero-order chi connectivity index (χ0) is 26.9. The van der Waals surface area contributed by atoms with Gasteiger partial charge in [-0.25, -0.2) is 13.1 Å². The molecular weight excluding hydrogens is 500 g/mol. The average Bonchev–Trinajstić information content (AvgIpc) is 3.18. The molecule has 2 aliphatic heterocycles. The third-order valence-corrected chi connectivity index (χ3v) is 10.7. The van der Waals surface area contributed by atoms with E-state index in [9.17, 15) is 13.2 Å². The number of benzene rings is 2. The molecule has 8 heteroatoms. The number of rotatable bonds is 7. The summed E-state index contributed by atoms with van der Waals surface area (Å²) < 4.78 is 43.4. The lowest BCUT2D eigenvalue weighted by Gasteiger charge is -2.64. The summed E-state index contributed by atoms with van der Waals surface area (Å²) in [5.41, 5.74) is 2.93. The second kappa shape index (κ2) is 9.07. The molecule has 0 amide bonds. The molecule has 4 aliphatic rings. The van der Waals surface area contributed by atoms with Crippen LogP contribution in [0.5, 0.6) is 5.75 Å². The average molecular weight is 539 g/mol. The van der Waals surface area contributed by atoms with Crippen LogP contribution in [-0.2, 0) is 43.6 Å². The summed E-state index contributed by atoms with van der Waals surface area (Å²) in [5, 5.41) is 0.